The second-order valence-electron chi connectivity index (χ2n) is 8.04. The quantitative estimate of drug-likeness (QED) is 0.746. The third-order valence-electron chi connectivity index (χ3n) is 3.20. The van der Waals surface area contributed by atoms with E-state index in [1.165, 1.54) is 0 Å². The van der Waals surface area contributed by atoms with E-state index in [0.717, 1.165) is 30.2 Å². The molecule has 1 aromatic heterocycles. The molecule has 0 atom stereocenters. The molecular weight excluding hydrogens is 322 g/mol. The lowest BCUT2D eigenvalue weighted by Gasteiger charge is -2.27. The van der Waals surface area contributed by atoms with Gasteiger partial charge in [-0.15, -0.1) is 11.3 Å². The highest BCUT2D eigenvalue weighted by atomic mass is 32.1. The average Bonchev–Trinajstić information content (AvgIpc) is 2.89. The highest BCUT2D eigenvalue weighted by Gasteiger charge is 2.21. The predicted molar refractivity (Wildman–Crippen MR) is 101 cm³/mol. The van der Waals surface area contributed by atoms with Crippen molar-refractivity contribution in [2.75, 3.05) is 19.6 Å². The maximum Gasteiger partial charge on any atom is 0.410 e. The van der Waals surface area contributed by atoms with Gasteiger partial charge in [0.15, 0.2) is 0 Å². The number of carbonyl (C=O) groups is 1. The topological polar surface area (TPSA) is 54.5 Å². The highest BCUT2D eigenvalue weighted by molar-refractivity contribution is 7.09. The highest BCUT2D eigenvalue weighted by Crippen LogP contribution is 2.25. The van der Waals surface area contributed by atoms with Gasteiger partial charge in [-0.1, -0.05) is 27.7 Å². The SMILES string of the molecule is CCCN(CCNCc1csc(C(C)(C)C)n1)C(=O)OC(C)(C)C. The fourth-order valence-corrected chi connectivity index (χ4v) is 2.96. The largest absolute Gasteiger partial charge is 0.444 e. The Morgan fingerprint density at radius 3 is 2.42 bits per heavy atom. The molecule has 1 amide bonds. The molecule has 24 heavy (non-hydrogen) atoms. The van der Waals surface area contributed by atoms with Gasteiger partial charge in [0.2, 0.25) is 0 Å². The Morgan fingerprint density at radius 1 is 1.25 bits per heavy atom. The van der Waals surface area contributed by atoms with Gasteiger partial charge in [0.05, 0.1) is 10.7 Å². The van der Waals surface area contributed by atoms with Crippen molar-refractivity contribution in [3.8, 4) is 0 Å². The van der Waals surface area contributed by atoms with Gasteiger partial charge in [-0.2, -0.15) is 0 Å². The van der Waals surface area contributed by atoms with Crippen molar-refractivity contribution in [2.24, 2.45) is 0 Å². The number of amides is 1. The predicted octanol–water partition coefficient (Wildman–Crippen LogP) is 4.18. The number of aromatic nitrogens is 1. The van der Waals surface area contributed by atoms with E-state index in [0.29, 0.717) is 13.1 Å². The molecule has 0 unspecified atom stereocenters. The van der Waals surface area contributed by atoms with Crippen LogP contribution in [0.3, 0.4) is 0 Å². The van der Waals surface area contributed by atoms with E-state index in [1.54, 1.807) is 16.2 Å². The van der Waals surface area contributed by atoms with Crippen LogP contribution in [0.1, 0.15) is 65.6 Å². The van der Waals surface area contributed by atoms with Gasteiger partial charge in [-0.3, -0.25) is 0 Å². The van der Waals surface area contributed by atoms with Crippen molar-refractivity contribution in [1.82, 2.24) is 15.2 Å². The smallest absolute Gasteiger partial charge is 0.410 e. The van der Waals surface area contributed by atoms with E-state index in [9.17, 15) is 4.79 Å². The second-order valence-corrected chi connectivity index (χ2v) is 8.90. The van der Waals surface area contributed by atoms with Crippen LogP contribution >= 0.6 is 11.3 Å². The maximum absolute atomic E-state index is 12.2. The molecule has 1 N–H and O–H groups in total. The Labute approximate surface area is 150 Å². The van der Waals surface area contributed by atoms with Crippen LogP contribution in [-0.4, -0.2) is 41.2 Å². The van der Waals surface area contributed by atoms with Crippen LogP contribution in [0.25, 0.3) is 0 Å². The molecule has 1 heterocycles. The van der Waals surface area contributed by atoms with Crippen molar-refractivity contribution in [3.63, 3.8) is 0 Å². The molecule has 0 aromatic carbocycles. The Morgan fingerprint density at radius 2 is 1.92 bits per heavy atom. The van der Waals surface area contributed by atoms with Crippen molar-refractivity contribution in [2.45, 2.75) is 72.4 Å². The molecule has 0 fully saturated rings. The molecule has 5 nitrogen and oxygen atoms in total. The van der Waals surface area contributed by atoms with Crippen LogP contribution in [0.4, 0.5) is 4.79 Å². The first-order valence-corrected chi connectivity index (χ1v) is 9.54. The molecule has 0 saturated heterocycles. The molecule has 1 aromatic rings. The summed E-state index contributed by atoms with van der Waals surface area (Å²) in [5.74, 6) is 0. The van der Waals surface area contributed by atoms with E-state index < -0.39 is 5.60 Å². The number of rotatable bonds is 7. The number of ether oxygens (including phenoxy) is 1. The summed E-state index contributed by atoms with van der Waals surface area (Å²) in [5.41, 5.74) is 0.696. The molecule has 0 saturated carbocycles. The molecule has 0 aliphatic carbocycles. The molecule has 1 rings (SSSR count). The molecule has 0 aliphatic rings. The first kappa shape index (κ1) is 20.9. The summed E-state index contributed by atoms with van der Waals surface area (Å²) in [6, 6.07) is 0. The zero-order valence-corrected chi connectivity index (χ0v) is 17.0. The van der Waals surface area contributed by atoms with Crippen molar-refractivity contribution < 1.29 is 9.53 Å². The molecule has 138 valence electrons. The van der Waals surface area contributed by atoms with Crippen LogP contribution in [0.15, 0.2) is 5.38 Å². The van der Waals surface area contributed by atoms with Gasteiger partial charge in [0.1, 0.15) is 5.60 Å². The van der Waals surface area contributed by atoms with Gasteiger partial charge >= 0.3 is 6.09 Å². The van der Waals surface area contributed by atoms with E-state index in [-0.39, 0.29) is 11.5 Å². The summed E-state index contributed by atoms with van der Waals surface area (Å²) in [6.07, 6.45) is 0.676. The number of thiazole rings is 1. The van der Waals surface area contributed by atoms with Crippen LogP contribution in [0, 0.1) is 0 Å². The summed E-state index contributed by atoms with van der Waals surface area (Å²) in [7, 11) is 0. The lowest BCUT2D eigenvalue weighted by Crippen LogP contribution is -2.40. The number of hydrogen-bond acceptors (Lipinski definition) is 5. The summed E-state index contributed by atoms with van der Waals surface area (Å²) >= 11 is 1.70. The van der Waals surface area contributed by atoms with Gasteiger partial charge in [0, 0.05) is 37.0 Å². The zero-order chi connectivity index (χ0) is 18.4. The normalized spacial score (nSPS) is 12.3. The van der Waals surface area contributed by atoms with Gasteiger partial charge in [-0.25, -0.2) is 9.78 Å². The number of carbonyl (C=O) groups excluding carboxylic acids is 1. The minimum absolute atomic E-state index is 0.0948. The standard InChI is InChI=1S/C18H33N3O2S/c1-8-10-21(16(22)23-18(5,6)7)11-9-19-12-14-13-24-15(20-14)17(2,3)4/h13,19H,8-12H2,1-7H3. The van der Waals surface area contributed by atoms with E-state index in [4.69, 9.17) is 4.74 Å². The monoisotopic (exact) mass is 355 g/mol. The lowest BCUT2D eigenvalue weighted by atomic mass is 9.98. The van der Waals surface area contributed by atoms with Gasteiger partial charge in [0.25, 0.3) is 0 Å². The van der Waals surface area contributed by atoms with Crippen molar-refractivity contribution in [3.05, 3.63) is 16.1 Å². The molecule has 0 bridgehead atoms. The molecular formula is C18H33N3O2S. The number of hydrogen-bond donors (Lipinski definition) is 1. The lowest BCUT2D eigenvalue weighted by molar-refractivity contribution is 0.0252. The minimum Gasteiger partial charge on any atom is -0.444 e. The van der Waals surface area contributed by atoms with Crippen molar-refractivity contribution >= 4 is 17.4 Å². The van der Waals surface area contributed by atoms with E-state index >= 15 is 0 Å². The maximum atomic E-state index is 12.2. The summed E-state index contributed by atoms with van der Waals surface area (Å²) in [6.45, 7) is 17.1. The third-order valence-corrected chi connectivity index (χ3v) is 4.52. The fourth-order valence-electron chi connectivity index (χ4n) is 2.05. The molecule has 0 spiro atoms. The van der Waals surface area contributed by atoms with Crippen LogP contribution in [-0.2, 0) is 16.7 Å². The Balaban J connectivity index is 2.43. The summed E-state index contributed by atoms with van der Waals surface area (Å²) < 4.78 is 5.46. The third kappa shape index (κ3) is 7.62. The summed E-state index contributed by atoms with van der Waals surface area (Å²) in [5, 5.41) is 6.62. The zero-order valence-electron chi connectivity index (χ0n) is 16.2. The first-order valence-electron chi connectivity index (χ1n) is 8.66. The van der Waals surface area contributed by atoms with E-state index in [1.807, 2.05) is 20.8 Å². The van der Waals surface area contributed by atoms with Gasteiger partial charge < -0.3 is 15.0 Å². The Hall–Kier alpha value is -1.14. The fraction of sp³-hybridized carbons (Fsp3) is 0.778. The number of nitrogens with zero attached hydrogens (tertiary/aromatic N) is 2. The Kier molecular flexibility index (Phi) is 7.67. The van der Waals surface area contributed by atoms with Gasteiger partial charge in [-0.05, 0) is 27.2 Å². The molecule has 0 radical (unpaired) electrons. The van der Waals surface area contributed by atoms with Crippen molar-refractivity contribution in [1.29, 1.82) is 0 Å². The van der Waals surface area contributed by atoms with Crippen LogP contribution in [0.2, 0.25) is 0 Å². The first-order chi connectivity index (χ1) is 11.0. The minimum atomic E-state index is -0.458. The molecule has 6 heteroatoms. The Bertz CT molecular complexity index is 515. The molecule has 0 aliphatic heterocycles. The average molecular weight is 356 g/mol. The summed E-state index contributed by atoms with van der Waals surface area (Å²) in [4.78, 5) is 18.6. The second kappa shape index (κ2) is 8.81. The van der Waals surface area contributed by atoms with Crippen LogP contribution < -0.4 is 5.32 Å². The van der Waals surface area contributed by atoms with Crippen LogP contribution in [0.5, 0.6) is 0 Å². The number of nitrogens with one attached hydrogen (secondary N) is 1. The van der Waals surface area contributed by atoms with E-state index in [2.05, 4.69) is 43.4 Å².